The highest BCUT2D eigenvalue weighted by Gasteiger charge is 2.25. The molecule has 30 heavy (non-hydrogen) atoms. The summed E-state index contributed by atoms with van der Waals surface area (Å²) < 4.78 is 0. The predicted octanol–water partition coefficient (Wildman–Crippen LogP) is 3.77. The topological polar surface area (TPSA) is 87.3 Å². The molecular weight excluding hydrogens is 402 g/mol. The van der Waals surface area contributed by atoms with Crippen molar-refractivity contribution in [3.63, 3.8) is 0 Å². The van der Waals surface area contributed by atoms with Gasteiger partial charge in [0.1, 0.15) is 6.04 Å². The van der Waals surface area contributed by atoms with Crippen LogP contribution in [0.3, 0.4) is 0 Å². The van der Waals surface area contributed by atoms with Gasteiger partial charge in [0.25, 0.3) is 5.91 Å². The number of rotatable bonds is 7. The van der Waals surface area contributed by atoms with Gasteiger partial charge in [-0.05, 0) is 62.1 Å². The molecule has 0 bridgehead atoms. The maximum absolute atomic E-state index is 12.6. The molecule has 0 aliphatic heterocycles. The standard InChI is InChI=1S/C23H28ClN3O3/c1-13(2)20(27-22(29)17-6-8-18(24)9-7-17)23(30)25-12-19(28)26-21-15(4)10-14(3)11-16(21)5/h6-11,13,20H,12H2,1-5H3,(H,25,30)(H,26,28)(H,27,29). The Hall–Kier alpha value is -2.86. The smallest absolute Gasteiger partial charge is 0.251 e. The average Bonchev–Trinajstić information content (AvgIpc) is 2.67. The Morgan fingerprint density at radius 1 is 0.967 bits per heavy atom. The summed E-state index contributed by atoms with van der Waals surface area (Å²) in [7, 11) is 0. The summed E-state index contributed by atoms with van der Waals surface area (Å²) in [5.41, 5.74) is 4.19. The van der Waals surface area contributed by atoms with Crippen LogP contribution in [0, 0.1) is 26.7 Å². The third kappa shape index (κ3) is 6.32. The van der Waals surface area contributed by atoms with E-state index >= 15 is 0 Å². The molecule has 3 amide bonds. The third-order valence-electron chi connectivity index (χ3n) is 4.71. The number of carbonyl (C=O) groups excluding carboxylic acids is 3. The molecule has 2 rings (SSSR count). The van der Waals surface area contributed by atoms with E-state index in [2.05, 4.69) is 16.0 Å². The molecule has 160 valence electrons. The molecule has 6 nitrogen and oxygen atoms in total. The molecule has 0 fully saturated rings. The molecule has 1 unspecified atom stereocenters. The fourth-order valence-electron chi connectivity index (χ4n) is 3.20. The average molecular weight is 430 g/mol. The van der Waals surface area contributed by atoms with Crippen molar-refractivity contribution >= 4 is 35.0 Å². The Labute approximate surface area is 182 Å². The largest absolute Gasteiger partial charge is 0.345 e. The molecule has 2 aromatic carbocycles. The molecule has 0 saturated carbocycles. The van der Waals surface area contributed by atoms with Crippen LogP contribution in [-0.4, -0.2) is 30.3 Å². The Kier molecular flexibility index (Phi) is 8.00. The highest BCUT2D eigenvalue weighted by atomic mass is 35.5. The number of anilines is 1. The Balaban J connectivity index is 1.97. The minimum atomic E-state index is -0.774. The van der Waals surface area contributed by atoms with Crippen LogP contribution in [-0.2, 0) is 9.59 Å². The zero-order valence-corrected chi connectivity index (χ0v) is 18.7. The summed E-state index contributed by atoms with van der Waals surface area (Å²) in [6.07, 6.45) is 0. The van der Waals surface area contributed by atoms with Gasteiger partial charge in [-0.2, -0.15) is 0 Å². The van der Waals surface area contributed by atoms with Crippen molar-refractivity contribution in [1.82, 2.24) is 10.6 Å². The molecule has 0 saturated heterocycles. The van der Waals surface area contributed by atoms with Crippen LogP contribution in [0.2, 0.25) is 5.02 Å². The summed E-state index contributed by atoms with van der Waals surface area (Å²) in [5.74, 6) is -1.29. The van der Waals surface area contributed by atoms with Gasteiger partial charge in [-0.1, -0.05) is 43.1 Å². The summed E-state index contributed by atoms with van der Waals surface area (Å²) in [4.78, 5) is 37.4. The van der Waals surface area contributed by atoms with Crippen LogP contribution in [0.25, 0.3) is 0 Å². The SMILES string of the molecule is Cc1cc(C)c(NC(=O)CNC(=O)C(NC(=O)c2ccc(Cl)cc2)C(C)C)c(C)c1. The summed E-state index contributed by atoms with van der Waals surface area (Å²) in [5, 5.41) is 8.71. The van der Waals surface area contributed by atoms with Gasteiger partial charge in [0.15, 0.2) is 0 Å². The van der Waals surface area contributed by atoms with Crippen LogP contribution in [0.1, 0.15) is 40.9 Å². The van der Waals surface area contributed by atoms with Crippen LogP contribution in [0.5, 0.6) is 0 Å². The van der Waals surface area contributed by atoms with Crippen LogP contribution >= 0.6 is 11.6 Å². The minimum Gasteiger partial charge on any atom is -0.345 e. The lowest BCUT2D eigenvalue weighted by atomic mass is 10.0. The molecule has 2 aromatic rings. The number of aryl methyl sites for hydroxylation is 3. The lowest BCUT2D eigenvalue weighted by Gasteiger charge is -2.22. The minimum absolute atomic E-state index is 0.161. The summed E-state index contributed by atoms with van der Waals surface area (Å²) in [6.45, 7) is 9.31. The molecule has 0 radical (unpaired) electrons. The third-order valence-corrected chi connectivity index (χ3v) is 4.96. The fourth-order valence-corrected chi connectivity index (χ4v) is 3.32. The van der Waals surface area contributed by atoms with Gasteiger partial charge in [0.05, 0.1) is 6.54 Å². The van der Waals surface area contributed by atoms with Gasteiger partial charge >= 0.3 is 0 Å². The van der Waals surface area contributed by atoms with Gasteiger partial charge in [0.2, 0.25) is 11.8 Å². The zero-order chi connectivity index (χ0) is 22.4. The lowest BCUT2D eigenvalue weighted by Crippen LogP contribution is -2.51. The van der Waals surface area contributed by atoms with Crippen molar-refractivity contribution in [2.75, 3.05) is 11.9 Å². The second kappa shape index (κ2) is 10.3. The van der Waals surface area contributed by atoms with Crippen LogP contribution < -0.4 is 16.0 Å². The zero-order valence-electron chi connectivity index (χ0n) is 17.9. The quantitative estimate of drug-likeness (QED) is 0.626. The summed E-state index contributed by atoms with van der Waals surface area (Å²) >= 11 is 5.85. The molecular formula is C23H28ClN3O3. The number of hydrogen-bond acceptors (Lipinski definition) is 3. The first-order valence-corrected chi connectivity index (χ1v) is 10.2. The van der Waals surface area contributed by atoms with Gasteiger partial charge in [0, 0.05) is 16.3 Å². The van der Waals surface area contributed by atoms with Crippen LogP contribution in [0.4, 0.5) is 5.69 Å². The second-order valence-corrected chi connectivity index (χ2v) is 8.18. The number of halogens is 1. The van der Waals surface area contributed by atoms with Gasteiger partial charge in [-0.25, -0.2) is 0 Å². The Morgan fingerprint density at radius 2 is 1.53 bits per heavy atom. The van der Waals surface area contributed by atoms with E-state index in [-0.39, 0.29) is 24.3 Å². The Bertz CT molecular complexity index is 916. The molecule has 1 atom stereocenters. The monoisotopic (exact) mass is 429 g/mol. The molecule has 7 heteroatoms. The van der Waals surface area contributed by atoms with Gasteiger partial charge < -0.3 is 16.0 Å². The number of carbonyl (C=O) groups is 3. The molecule has 0 heterocycles. The molecule has 0 aliphatic carbocycles. The normalized spacial score (nSPS) is 11.7. The molecule has 0 aliphatic rings. The van der Waals surface area contributed by atoms with Crippen molar-refractivity contribution < 1.29 is 14.4 Å². The van der Waals surface area contributed by atoms with E-state index in [0.29, 0.717) is 10.6 Å². The maximum Gasteiger partial charge on any atom is 0.251 e. The van der Waals surface area contributed by atoms with E-state index in [1.807, 2.05) is 46.8 Å². The fraction of sp³-hybridized carbons (Fsp3) is 0.348. The van der Waals surface area contributed by atoms with E-state index < -0.39 is 11.9 Å². The molecule has 3 N–H and O–H groups in total. The van der Waals surface area contributed by atoms with Crippen molar-refractivity contribution in [3.8, 4) is 0 Å². The lowest BCUT2D eigenvalue weighted by molar-refractivity contribution is -0.126. The predicted molar refractivity (Wildman–Crippen MR) is 120 cm³/mol. The highest BCUT2D eigenvalue weighted by Crippen LogP contribution is 2.21. The van der Waals surface area contributed by atoms with Crippen molar-refractivity contribution in [1.29, 1.82) is 0 Å². The summed E-state index contributed by atoms with van der Waals surface area (Å²) in [6, 6.07) is 9.61. The Morgan fingerprint density at radius 3 is 2.07 bits per heavy atom. The van der Waals surface area contributed by atoms with Crippen molar-refractivity contribution in [3.05, 3.63) is 63.7 Å². The van der Waals surface area contributed by atoms with Gasteiger partial charge in [-0.3, -0.25) is 14.4 Å². The van der Waals surface area contributed by atoms with E-state index in [9.17, 15) is 14.4 Å². The number of nitrogens with one attached hydrogen (secondary N) is 3. The number of benzene rings is 2. The van der Waals surface area contributed by atoms with E-state index in [0.717, 1.165) is 22.4 Å². The maximum atomic E-state index is 12.6. The molecule has 0 aromatic heterocycles. The highest BCUT2D eigenvalue weighted by molar-refractivity contribution is 6.30. The first kappa shape index (κ1) is 23.4. The number of amides is 3. The first-order chi connectivity index (χ1) is 14.1. The van der Waals surface area contributed by atoms with Crippen molar-refractivity contribution in [2.45, 2.75) is 40.7 Å². The van der Waals surface area contributed by atoms with E-state index in [4.69, 9.17) is 11.6 Å². The van der Waals surface area contributed by atoms with Gasteiger partial charge in [-0.15, -0.1) is 0 Å². The van der Waals surface area contributed by atoms with E-state index in [1.165, 1.54) is 0 Å². The molecule has 0 spiro atoms. The van der Waals surface area contributed by atoms with E-state index in [1.54, 1.807) is 24.3 Å². The van der Waals surface area contributed by atoms with Crippen molar-refractivity contribution in [2.24, 2.45) is 5.92 Å². The van der Waals surface area contributed by atoms with Crippen LogP contribution in [0.15, 0.2) is 36.4 Å². The number of hydrogen-bond donors (Lipinski definition) is 3. The first-order valence-electron chi connectivity index (χ1n) is 9.80. The second-order valence-electron chi connectivity index (χ2n) is 7.74.